The molecule has 0 atom stereocenters. The van der Waals surface area contributed by atoms with Crippen molar-refractivity contribution in [2.75, 3.05) is 0 Å². The summed E-state index contributed by atoms with van der Waals surface area (Å²) in [4.78, 5) is 0. The van der Waals surface area contributed by atoms with E-state index in [2.05, 4.69) is 24.6 Å². The van der Waals surface area contributed by atoms with E-state index in [4.69, 9.17) is 6.42 Å². The second-order valence-corrected chi connectivity index (χ2v) is 3.49. The van der Waals surface area contributed by atoms with Crippen molar-refractivity contribution in [1.29, 1.82) is 0 Å². The first-order valence-corrected chi connectivity index (χ1v) is 5.53. The molecule has 0 nitrogen and oxygen atoms in total. The summed E-state index contributed by atoms with van der Waals surface area (Å²) in [6, 6.07) is 19.9. The van der Waals surface area contributed by atoms with Gasteiger partial charge in [-0.05, 0) is 24.1 Å². The molecule has 17 heavy (non-hydrogen) atoms. The summed E-state index contributed by atoms with van der Waals surface area (Å²) in [5.41, 5.74) is 2.26. The fraction of sp³-hybridized carbons (Fsp3) is 0.0588. The van der Waals surface area contributed by atoms with Crippen molar-refractivity contribution in [2.45, 2.75) is 6.42 Å². The average Bonchev–Trinajstić information content (AvgIpc) is 2.42. The summed E-state index contributed by atoms with van der Waals surface area (Å²) in [7, 11) is 0. The molecule has 84 valence electrons. The first-order valence-electron chi connectivity index (χ1n) is 5.53. The second kappa shape index (κ2) is 7.96. The van der Waals surface area contributed by atoms with Crippen LogP contribution < -0.4 is 0 Å². The smallest absolute Gasteiger partial charge is 0.0242 e. The van der Waals surface area contributed by atoms with Gasteiger partial charge in [-0.2, -0.15) is 0 Å². The fourth-order valence-electron chi connectivity index (χ4n) is 1.32. The second-order valence-electron chi connectivity index (χ2n) is 3.49. The van der Waals surface area contributed by atoms with Gasteiger partial charge >= 0.3 is 0 Å². The van der Waals surface area contributed by atoms with E-state index in [1.165, 1.54) is 5.56 Å². The molecule has 2 rings (SSSR count). The van der Waals surface area contributed by atoms with Crippen LogP contribution in [0.15, 0.2) is 73.3 Å². The molecule has 0 fully saturated rings. The molecule has 0 heterocycles. The van der Waals surface area contributed by atoms with Gasteiger partial charge in [-0.15, -0.1) is 13.0 Å². The van der Waals surface area contributed by atoms with Crippen LogP contribution in [0, 0.1) is 12.3 Å². The third-order valence-electron chi connectivity index (χ3n) is 2.16. The van der Waals surface area contributed by atoms with Gasteiger partial charge in [-0.3, -0.25) is 0 Å². The number of benzene rings is 2. The van der Waals surface area contributed by atoms with Crippen LogP contribution in [0.1, 0.15) is 11.1 Å². The molecular weight excluding hydrogens is 204 g/mol. The van der Waals surface area contributed by atoms with Crippen molar-refractivity contribution in [3.8, 4) is 12.3 Å². The Morgan fingerprint density at radius 1 is 0.941 bits per heavy atom. The minimum absolute atomic E-state index is 0.938. The van der Waals surface area contributed by atoms with E-state index in [9.17, 15) is 0 Å². The Bertz CT molecular complexity index is 460. The first-order chi connectivity index (χ1) is 8.36. The fourth-order valence-corrected chi connectivity index (χ4v) is 1.32. The summed E-state index contributed by atoms with van der Waals surface area (Å²) in [5.74, 6) is 2.53. The van der Waals surface area contributed by atoms with Crippen LogP contribution in [0.25, 0.3) is 0 Å². The normalized spacial score (nSPS) is 8.41. The van der Waals surface area contributed by atoms with Crippen LogP contribution in [-0.4, -0.2) is 0 Å². The van der Waals surface area contributed by atoms with Gasteiger partial charge in [0.1, 0.15) is 0 Å². The van der Waals surface area contributed by atoms with Gasteiger partial charge in [0.15, 0.2) is 0 Å². The van der Waals surface area contributed by atoms with E-state index in [1.807, 2.05) is 54.6 Å². The van der Waals surface area contributed by atoms with Crippen LogP contribution >= 0.6 is 0 Å². The number of hydrogen-bond donors (Lipinski definition) is 0. The van der Waals surface area contributed by atoms with Crippen LogP contribution in [0.2, 0.25) is 0 Å². The third-order valence-corrected chi connectivity index (χ3v) is 2.16. The van der Waals surface area contributed by atoms with Gasteiger partial charge in [0.2, 0.25) is 0 Å². The average molecular weight is 220 g/mol. The Balaban J connectivity index is 0.000000171. The molecule has 0 aromatic heterocycles. The summed E-state index contributed by atoms with van der Waals surface area (Å²) >= 11 is 0. The van der Waals surface area contributed by atoms with Crippen molar-refractivity contribution in [3.05, 3.63) is 84.4 Å². The van der Waals surface area contributed by atoms with E-state index >= 15 is 0 Å². The number of hydrogen-bond acceptors (Lipinski definition) is 0. The number of terminal acetylenes is 1. The molecule has 0 N–H and O–H groups in total. The summed E-state index contributed by atoms with van der Waals surface area (Å²) in [6.45, 7) is 3.66. The molecule has 0 radical (unpaired) electrons. The molecule has 0 bridgehead atoms. The van der Waals surface area contributed by atoms with E-state index in [-0.39, 0.29) is 0 Å². The Morgan fingerprint density at radius 3 is 1.88 bits per heavy atom. The van der Waals surface area contributed by atoms with Gasteiger partial charge in [-0.25, -0.2) is 0 Å². The molecule has 0 saturated carbocycles. The molecular formula is C17H16. The Morgan fingerprint density at radius 2 is 1.47 bits per heavy atom. The maximum Gasteiger partial charge on any atom is 0.0242 e. The zero-order chi connectivity index (χ0) is 12.3. The zero-order valence-electron chi connectivity index (χ0n) is 9.84. The minimum Gasteiger partial charge on any atom is -0.115 e. The van der Waals surface area contributed by atoms with Crippen LogP contribution in [-0.2, 0) is 6.42 Å². The SMILES string of the molecule is C#Cc1ccccc1.C=CCc1ccccc1. The molecule has 0 aliphatic heterocycles. The molecule has 0 amide bonds. The monoisotopic (exact) mass is 220 g/mol. The molecule has 0 unspecified atom stereocenters. The van der Waals surface area contributed by atoms with Gasteiger partial charge in [0, 0.05) is 5.56 Å². The van der Waals surface area contributed by atoms with E-state index in [0.29, 0.717) is 0 Å². The predicted molar refractivity (Wildman–Crippen MR) is 74.7 cm³/mol. The van der Waals surface area contributed by atoms with Gasteiger partial charge in [0.05, 0.1) is 0 Å². The Kier molecular flexibility index (Phi) is 6.00. The number of allylic oxidation sites excluding steroid dienone is 1. The highest BCUT2D eigenvalue weighted by Crippen LogP contribution is 1.98. The Hall–Kier alpha value is -2.26. The van der Waals surface area contributed by atoms with E-state index in [0.717, 1.165) is 12.0 Å². The lowest BCUT2D eigenvalue weighted by Gasteiger charge is -1.91. The highest BCUT2D eigenvalue weighted by molar-refractivity contribution is 5.30. The minimum atomic E-state index is 0.938. The standard InChI is InChI=1S/C9H10.C8H6/c1-2-6-9-7-4-3-5-8-9;1-2-8-6-4-3-5-7-8/h2-5,7-8H,1,6H2;1,3-7H. The summed E-state index contributed by atoms with van der Waals surface area (Å²) in [5, 5.41) is 0. The van der Waals surface area contributed by atoms with E-state index in [1.54, 1.807) is 0 Å². The molecule has 0 aliphatic rings. The highest BCUT2D eigenvalue weighted by Gasteiger charge is 1.82. The third kappa shape index (κ3) is 5.39. The molecule has 2 aromatic rings. The molecule has 0 saturated heterocycles. The van der Waals surface area contributed by atoms with Crippen molar-refractivity contribution in [2.24, 2.45) is 0 Å². The molecule has 2 aromatic carbocycles. The van der Waals surface area contributed by atoms with Gasteiger partial charge in [-0.1, -0.05) is 60.5 Å². The van der Waals surface area contributed by atoms with Crippen molar-refractivity contribution < 1.29 is 0 Å². The van der Waals surface area contributed by atoms with Crippen LogP contribution in [0.4, 0.5) is 0 Å². The lowest BCUT2D eigenvalue weighted by Crippen LogP contribution is -1.75. The molecule has 0 heteroatoms. The van der Waals surface area contributed by atoms with Crippen LogP contribution in [0.3, 0.4) is 0 Å². The van der Waals surface area contributed by atoms with Gasteiger partial charge in [0.25, 0.3) is 0 Å². The first kappa shape index (κ1) is 12.8. The summed E-state index contributed by atoms with van der Waals surface area (Å²) in [6.07, 6.45) is 7.98. The Labute approximate surface area is 104 Å². The lowest BCUT2D eigenvalue weighted by molar-refractivity contribution is 1.28. The van der Waals surface area contributed by atoms with E-state index < -0.39 is 0 Å². The molecule has 0 aliphatic carbocycles. The predicted octanol–water partition coefficient (Wildman–Crippen LogP) is 4.08. The summed E-state index contributed by atoms with van der Waals surface area (Å²) < 4.78 is 0. The van der Waals surface area contributed by atoms with Crippen molar-refractivity contribution >= 4 is 0 Å². The maximum absolute atomic E-state index is 5.10. The maximum atomic E-state index is 5.10. The topological polar surface area (TPSA) is 0 Å². The number of rotatable bonds is 2. The highest BCUT2D eigenvalue weighted by atomic mass is 13.9. The molecule has 0 spiro atoms. The van der Waals surface area contributed by atoms with Gasteiger partial charge < -0.3 is 0 Å². The largest absolute Gasteiger partial charge is 0.115 e. The van der Waals surface area contributed by atoms with Crippen molar-refractivity contribution in [3.63, 3.8) is 0 Å². The quantitative estimate of drug-likeness (QED) is 0.528. The van der Waals surface area contributed by atoms with Crippen molar-refractivity contribution in [1.82, 2.24) is 0 Å². The van der Waals surface area contributed by atoms with Crippen LogP contribution in [0.5, 0.6) is 0 Å². The zero-order valence-corrected chi connectivity index (χ0v) is 9.84. The lowest BCUT2D eigenvalue weighted by atomic mass is 10.2.